The van der Waals surface area contributed by atoms with Crippen LogP contribution in [0.4, 0.5) is 0 Å². The molecule has 0 aromatic heterocycles. The summed E-state index contributed by atoms with van der Waals surface area (Å²) in [5.74, 6) is -0.756. The number of hydrogen-bond donors (Lipinski definition) is 3. The SMILES string of the molecule is C=CC(c1ccc(O)c(OC)c1)c1cc(CCC(=O)O)cc(OC)c1O. The van der Waals surface area contributed by atoms with E-state index in [9.17, 15) is 15.0 Å². The lowest BCUT2D eigenvalue weighted by molar-refractivity contribution is -0.136. The Hall–Kier alpha value is -3.15. The van der Waals surface area contributed by atoms with Crippen LogP contribution in [-0.4, -0.2) is 35.5 Å². The summed E-state index contributed by atoms with van der Waals surface area (Å²) >= 11 is 0. The van der Waals surface area contributed by atoms with Crippen LogP contribution in [0.5, 0.6) is 23.0 Å². The fourth-order valence-corrected chi connectivity index (χ4v) is 2.81. The Morgan fingerprint density at radius 2 is 1.85 bits per heavy atom. The van der Waals surface area contributed by atoms with Crippen molar-refractivity contribution in [2.45, 2.75) is 18.8 Å². The number of carboxylic acids is 1. The van der Waals surface area contributed by atoms with Crippen molar-refractivity contribution in [1.29, 1.82) is 0 Å². The minimum absolute atomic E-state index is 0.0103. The molecule has 0 bridgehead atoms. The number of aryl methyl sites for hydroxylation is 1. The summed E-state index contributed by atoms with van der Waals surface area (Å²) in [4.78, 5) is 10.9. The van der Waals surface area contributed by atoms with E-state index < -0.39 is 11.9 Å². The van der Waals surface area contributed by atoms with Gasteiger partial charge in [-0.3, -0.25) is 4.79 Å². The molecule has 0 fully saturated rings. The first-order chi connectivity index (χ1) is 12.4. The summed E-state index contributed by atoms with van der Waals surface area (Å²) in [5, 5.41) is 29.3. The van der Waals surface area contributed by atoms with E-state index in [2.05, 4.69) is 6.58 Å². The van der Waals surface area contributed by atoms with Crippen LogP contribution in [0.15, 0.2) is 43.0 Å². The highest BCUT2D eigenvalue weighted by atomic mass is 16.5. The molecule has 26 heavy (non-hydrogen) atoms. The molecular formula is C20H22O6. The molecule has 1 atom stereocenters. The molecule has 0 amide bonds. The van der Waals surface area contributed by atoms with Gasteiger partial charge in [0, 0.05) is 17.9 Å². The predicted molar refractivity (Wildman–Crippen MR) is 97.3 cm³/mol. The predicted octanol–water partition coefficient (Wildman–Crippen LogP) is 3.45. The number of benzene rings is 2. The van der Waals surface area contributed by atoms with E-state index in [0.29, 0.717) is 17.7 Å². The second-order valence-electron chi connectivity index (χ2n) is 5.77. The maximum Gasteiger partial charge on any atom is 0.303 e. The van der Waals surface area contributed by atoms with Gasteiger partial charge in [0.1, 0.15) is 0 Å². The number of rotatable bonds is 8. The molecule has 0 aliphatic rings. The van der Waals surface area contributed by atoms with Gasteiger partial charge in [-0.1, -0.05) is 18.2 Å². The van der Waals surface area contributed by atoms with Crippen LogP contribution in [0, 0.1) is 0 Å². The van der Waals surface area contributed by atoms with E-state index in [1.807, 2.05) is 0 Å². The van der Waals surface area contributed by atoms with E-state index in [4.69, 9.17) is 14.6 Å². The Morgan fingerprint density at radius 1 is 1.15 bits per heavy atom. The van der Waals surface area contributed by atoms with Crippen molar-refractivity contribution in [3.8, 4) is 23.0 Å². The van der Waals surface area contributed by atoms with Gasteiger partial charge in [0.05, 0.1) is 14.2 Å². The first-order valence-electron chi connectivity index (χ1n) is 8.02. The van der Waals surface area contributed by atoms with Gasteiger partial charge < -0.3 is 24.8 Å². The number of methoxy groups -OCH3 is 2. The highest BCUT2D eigenvalue weighted by Crippen LogP contribution is 2.41. The minimum atomic E-state index is -0.901. The lowest BCUT2D eigenvalue weighted by Crippen LogP contribution is -2.03. The second kappa shape index (κ2) is 8.29. The van der Waals surface area contributed by atoms with E-state index in [1.165, 1.54) is 20.3 Å². The monoisotopic (exact) mass is 358 g/mol. The highest BCUT2D eigenvalue weighted by molar-refractivity contribution is 5.67. The van der Waals surface area contributed by atoms with Gasteiger partial charge in [0.15, 0.2) is 23.0 Å². The molecule has 2 aromatic carbocycles. The van der Waals surface area contributed by atoms with Gasteiger partial charge in [0.2, 0.25) is 0 Å². The van der Waals surface area contributed by atoms with Crippen LogP contribution >= 0.6 is 0 Å². The number of carboxylic acid groups (broad SMARTS) is 1. The molecule has 0 aliphatic heterocycles. The van der Waals surface area contributed by atoms with Crippen molar-refractivity contribution in [2.24, 2.45) is 0 Å². The molecule has 0 aliphatic carbocycles. The summed E-state index contributed by atoms with van der Waals surface area (Å²) < 4.78 is 10.4. The number of aliphatic carboxylic acids is 1. The molecule has 2 aromatic rings. The Kier molecular flexibility index (Phi) is 6.11. The molecule has 0 heterocycles. The summed E-state index contributed by atoms with van der Waals surface area (Å²) in [6.45, 7) is 3.84. The van der Waals surface area contributed by atoms with Crippen molar-refractivity contribution in [1.82, 2.24) is 0 Å². The maximum absolute atomic E-state index is 10.9. The second-order valence-corrected chi connectivity index (χ2v) is 5.77. The van der Waals surface area contributed by atoms with E-state index >= 15 is 0 Å². The lowest BCUT2D eigenvalue weighted by atomic mass is 9.88. The molecule has 6 heteroatoms. The summed E-state index contributed by atoms with van der Waals surface area (Å²) in [7, 11) is 2.89. The van der Waals surface area contributed by atoms with Gasteiger partial charge in [0.25, 0.3) is 0 Å². The number of carbonyl (C=O) groups is 1. The topological polar surface area (TPSA) is 96.2 Å². The summed E-state index contributed by atoms with van der Waals surface area (Å²) in [6, 6.07) is 8.25. The fourth-order valence-electron chi connectivity index (χ4n) is 2.81. The molecule has 3 N–H and O–H groups in total. The maximum atomic E-state index is 10.9. The molecule has 6 nitrogen and oxygen atoms in total. The van der Waals surface area contributed by atoms with Crippen LogP contribution in [0.3, 0.4) is 0 Å². The minimum Gasteiger partial charge on any atom is -0.504 e. The van der Waals surface area contributed by atoms with E-state index in [1.54, 1.807) is 30.3 Å². The molecular weight excluding hydrogens is 336 g/mol. The molecule has 1 unspecified atom stereocenters. The van der Waals surface area contributed by atoms with Crippen LogP contribution in [0.25, 0.3) is 0 Å². The third kappa shape index (κ3) is 4.08. The van der Waals surface area contributed by atoms with Gasteiger partial charge >= 0.3 is 5.97 Å². The van der Waals surface area contributed by atoms with E-state index in [-0.39, 0.29) is 23.7 Å². The molecule has 0 saturated heterocycles. The number of phenolic OH excluding ortho intramolecular Hbond substituents is 2. The Morgan fingerprint density at radius 3 is 2.42 bits per heavy atom. The van der Waals surface area contributed by atoms with Crippen LogP contribution in [0.1, 0.15) is 29.0 Å². The average Bonchev–Trinajstić information content (AvgIpc) is 2.63. The normalized spacial score (nSPS) is 11.6. The highest BCUT2D eigenvalue weighted by Gasteiger charge is 2.20. The van der Waals surface area contributed by atoms with Gasteiger partial charge in [-0.25, -0.2) is 0 Å². The van der Waals surface area contributed by atoms with Gasteiger partial charge in [-0.05, 0) is 35.7 Å². The zero-order valence-corrected chi connectivity index (χ0v) is 14.7. The number of aromatic hydroxyl groups is 2. The number of hydrogen-bond acceptors (Lipinski definition) is 5. The molecule has 2 rings (SSSR count). The van der Waals surface area contributed by atoms with Crippen molar-refractivity contribution in [2.75, 3.05) is 14.2 Å². The summed E-state index contributed by atoms with van der Waals surface area (Å²) in [5.41, 5.74) is 2.02. The first kappa shape index (κ1) is 19.2. The zero-order chi connectivity index (χ0) is 19.3. The molecule has 138 valence electrons. The lowest BCUT2D eigenvalue weighted by Gasteiger charge is -2.19. The van der Waals surface area contributed by atoms with Crippen LogP contribution in [-0.2, 0) is 11.2 Å². The fraction of sp³-hybridized carbons (Fsp3) is 0.250. The van der Waals surface area contributed by atoms with E-state index in [0.717, 1.165) is 11.1 Å². The Labute approximate surface area is 151 Å². The van der Waals surface area contributed by atoms with Crippen LogP contribution < -0.4 is 9.47 Å². The Bertz CT molecular complexity index is 812. The van der Waals surface area contributed by atoms with Crippen molar-refractivity contribution in [3.63, 3.8) is 0 Å². The van der Waals surface area contributed by atoms with Gasteiger partial charge in [-0.15, -0.1) is 6.58 Å². The van der Waals surface area contributed by atoms with Gasteiger partial charge in [-0.2, -0.15) is 0 Å². The van der Waals surface area contributed by atoms with Crippen molar-refractivity contribution >= 4 is 5.97 Å². The number of allylic oxidation sites excluding steroid dienone is 1. The quantitative estimate of drug-likeness (QED) is 0.626. The smallest absolute Gasteiger partial charge is 0.303 e. The zero-order valence-electron chi connectivity index (χ0n) is 14.7. The molecule has 0 spiro atoms. The first-order valence-corrected chi connectivity index (χ1v) is 8.02. The molecule has 0 radical (unpaired) electrons. The third-order valence-electron chi connectivity index (χ3n) is 4.15. The van der Waals surface area contributed by atoms with Crippen molar-refractivity contribution < 1.29 is 29.6 Å². The number of ether oxygens (including phenoxy) is 2. The number of phenols is 2. The average molecular weight is 358 g/mol. The van der Waals surface area contributed by atoms with Crippen molar-refractivity contribution in [3.05, 3.63) is 59.7 Å². The molecule has 0 saturated carbocycles. The van der Waals surface area contributed by atoms with Crippen LogP contribution in [0.2, 0.25) is 0 Å². The Balaban J connectivity index is 2.53. The standard InChI is InChI=1S/C20H22O6/c1-4-14(13-6-7-16(21)17(11-13)25-2)15-9-12(5-8-19(22)23)10-18(26-3)20(15)24/h4,6-7,9-11,14,21,24H,1,5,8H2,2-3H3,(H,22,23). The largest absolute Gasteiger partial charge is 0.504 e. The third-order valence-corrected chi connectivity index (χ3v) is 4.15. The summed E-state index contributed by atoms with van der Waals surface area (Å²) in [6.07, 6.45) is 1.93.